The molecule has 2 rings (SSSR count). The molecule has 0 aromatic heterocycles. The summed E-state index contributed by atoms with van der Waals surface area (Å²) in [6, 6.07) is -0.0119. The van der Waals surface area contributed by atoms with Gasteiger partial charge in [-0.3, -0.25) is 4.79 Å². The first-order chi connectivity index (χ1) is 8.09. The lowest BCUT2D eigenvalue weighted by Gasteiger charge is -2.31. The molecule has 0 saturated carbocycles. The van der Waals surface area contributed by atoms with Gasteiger partial charge in [-0.05, 0) is 5.92 Å². The third-order valence-electron chi connectivity index (χ3n) is 3.59. The Morgan fingerprint density at radius 3 is 2.35 bits per heavy atom. The first-order valence-electron chi connectivity index (χ1n) is 6.07. The minimum Gasteiger partial charge on any atom is -0.481 e. The van der Waals surface area contributed by atoms with E-state index in [1.807, 2.05) is 6.92 Å². The Morgan fingerprint density at radius 1 is 1.18 bits per heavy atom. The minimum absolute atomic E-state index is 0.0119. The van der Waals surface area contributed by atoms with Crippen molar-refractivity contribution in [2.24, 2.45) is 11.8 Å². The molecular weight excluding hydrogens is 222 g/mol. The molecule has 2 atom stereocenters. The van der Waals surface area contributed by atoms with E-state index in [0.29, 0.717) is 26.2 Å². The minimum atomic E-state index is -0.798. The van der Waals surface area contributed by atoms with Crippen LogP contribution in [0.1, 0.15) is 6.92 Å². The molecule has 2 N–H and O–H groups in total. The molecule has 0 bridgehead atoms. The second kappa shape index (κ2) is 4.91. The van der Waals surface area contributed by atoms with Crippen LogP contribution in [0.3, 0.4) is 0 Å². The molecule has 2 heterocycles. The molecule has 6 nitrogen and oxygen atoms in total. The van der Waals surface area contributed by atoms with Crippen LogP contribution in [0.15, 0.2) is 0 Å². The lowest BCUT2D eigenvalue weighted by atomic mass is 9.99. The quantitative estimate of drug-likeness (QED) is 0.659. The smallest absolute Gasteiger partial charge is 0.320 e. The van der Waals surface area contributed by atoms with E-state index in [-0.39, 0.29) is 11.9 Å². The maximum Gasteiger partial charge on any atom is 0.320 e. The highest BCUT2D eigenvalue weighted by atomic mass is 16.4. The molecule has 2 fully saturated rings. The summed E-state index contributed by atoms with van der Waals surface area (Å²) in [6.07, 6.45) is 0. The predicted octanol–water partition coefficient (Wildman–Crippen LogP) is -0.336. The molecule has 2 unspecified atom stereocenters. The Hall–Kier alpha value is -1.30. The fourth-order valence-corrected chi connectivity index (χ4v) is 2.50. The fourth-order valence-electron chi connectivity index (χ4n) is 2.50. The number of carbonyl (C=O) groups excluding carboxylic acids is 1. The van der Waals surface area contributed by atoms with E-state index in [9.17, 15) is 9.59 Å². The van der Waals surface area contributed by atoms with Crippen molar-refractivity contribution in [3.05, 3.63) is 0 Å². The van der Waals surface area contributed by atoms with Crippen LogP contribution in [0.5, 0.6) is 0 Å². The van der Waals surface area contributed by atoms with Gasteiger partial charge in [-0.1, -0.05) is 6.92 Å². The Balaban J connectivity index is 1.94. The molecule has 0 spiro atoms. The molecule has 0 aromatic rings. The van der Waals surface area contributed by atoms with Crippen LogP contribution >= 0.6 is 0 Å². The monoisotopic (exact) mass is 241 g/mol. The number of hydrogen-bond acceptors (Lipinski definition) is 3. The fraction of sp³-hybridized carbons (Fsp3) is 0.818. The Morgan fingerprint density at radius 2 is 1.82 bits per heavy atom. The van der Waals surface area contributed by atoms with Gasteiger partial charge < -0.3 is 20.2 Å². The normalized spacial score (nSPS) is 29.5. The van der Waals surface area contributed by atoms with Crippen LogP contribution < -0.4 is 5.32 Å². The van der Waals surface area contributed by atoms with E-state index >= 15 is 0 Å². The van der Waals surface area contributed by atoms with Gasteiger partial charge in [-0.25, -0.2) is 4.79 Å². The van der Waals surface area contributed by atoms with Crippen molar-refractivity contribution in [1.82, 2.24) is 15.1 Å². The molecule has 0 radical (unpaired) electrons. The van der Waals surface area contributed by atoms with E-state index in [4.69, 9.17) is 5.11 Å². The number of aliphatic carboxylic acids is 1. The molecule has 0 aromatic carbocycles. The topological polar surface area (TPSA) is 72.9 Å². The number of piperazine rings is 1. The summed E-state index contributed by atoms with van der Waals surface area (Å²) in [5.74, 6) is -1.17. The average molecular weight is 241 g/mol. The Bertz CT molecular complexity index is 315. The molecule has 96 valence electrons. The zero-order chi connectivity index (χ0) is 12.4. The lowest BCUT2D eigenvalue weighted by Crippen LogP contribution is -2.51. The lowest BCUT2D eigenvalue weighted by molar-refractivity contribution is -0.142. The first-order valence-corrected chi connectivity index (χ1v) is 6.07. The van der Waals surface area contributed by atoms with Gasteiger partial charge in [0.1, 0.15) is 0 Å². The van der Waals surface area contributed by atoms with Crippen LogP contribution in [0.2, 0.25) is 0 Å². The molecule has 6 heteroatoms. The maximum absolute atomic E-state index is 12.1. The average Bonchev–Trinajstić information content (AvgIpc) is 2.71. The zero-order valence-corrected chi connectivity index (χ0v) is 10.1. The van der Waals surface area contributed by atoms with Gasteiger partial charge >= 0.3 is 12.0 Å². The van der Waals surface area contributed by atoms with E-state index < -0.39 is 11.9 Å². The summed E-state index contributed by atoms with van der Waals surface area (Å²) in [5.41, 5.74) is 0. The predicted molar refractivity (Wildman–Crippen MR) is 61.7 cm³/mol. The van der Waals surface area contributed by atoms with Gasteiger partial charge in [-0.2, -0.15) is 0 Å². The first kappa shape index (κ1) is 12.2. The van der Waals surface area contributed by atoms with Crippen molar-refractivity contribution in [2.45, 2.75) is 6.92 Å². The number of carboxylic acid groups (broad SMARTS) is 1. The Labute approximate surface area is 101 Å². The van der Waals surface area contributed by atoms with Crippen LogP contribution in [0.4, 0.5) is 4.79 Å². The van der Waals surface area contributed by atoms with Crippen LogP contribution in [-0.4, -0.2) is 66.2 Å². The molecule has 2 aliphatic heterocycles. The van der Waals surface area contributed by atoms with E-state index in [2.05, 4.69) is 5.32 Å². The number of nitrogens with zero attached hydrogens (tertiary/aromatic N) is 2. The van der Waals surface area contributed by atoms with Crippen molar-refractivity contribution in [1.29, 1.82) is 0 Å². The van der Waals surface area contributed by atoms with E-state index in [0.717, 1.165) is 13.1 Å². The van der Waals surface area contributed by atoms with Crippen molar-refractivity contribution < 1.29 is 14.7 Å². The molecule has 2 aliphatic rings. The molecule has 0 aliphatic carbocycles. The standard InChI is InChI=1S/C11H19N3O3/c1-8-6-14(7-9(8)10(15)16)11(17)13-4-2-12-3-5-13/h8-9,12H,2-7H2,1H3,(H,15,16). The van der Waals surface area contributed by atoms with Gasteiger partial charge in [0.15, 0.2) is 0 Å². The van der Waals surface area contributed by atoms with Crippen molar-refractivity contribution in [2.75, 3.05) is 39.3 Å². The second-order valence-electron chi connectivity index (χ2n) is 4.85. The number of rotatable bonds is 1. The molecule has 2 amide bonds. The third-order valence-corrected chi connectivity index (χ3v) is 3.59. The van der Waals surface area contributed by atoms with Crippen molar-refractivity contribution in [3.63, 3.8) is 0 Å². The summed E-state index contributed by atoms with van der Waals surface area (Å²) in [5, 5.41) is 12.2. The SMILES string of the molecule is CC1CN(C(=O)N2CCNCC2)CC1C(=O)O. The van der Waals surface area contributed by atoms with Crippen LogP contribution in [0, 0.1) is 11.8 Å². The Kier molecular flexibility index (Phi) is 3.51. The number of amides is 2. The number of urea groups is 1. The van der Waals surface area contributed by atoms with Crippen molar-refractivity contribution >= 4 is 12.0 Å². The maximum atomic E-state index is 12.1. The van der Waals surface area contributed by atoms with Gasteiger partial charge in [0.05, 0.1) is 5.92 Å². The molecule has 17 heavy (non-hydrogen) atoms. The summed E-state index contributed by atoms with van der Waals surface area (Å²) in [6.45, 7) is 5.85. The highest BCUT2D eigenvalue weighted by molar-refractivity contribution is 5.77. The van der Waals surface area contributed by atoms with E-state index in [1.54, 1.807) is 9.80 Å². The summed E-state index contributed by atoms with van der Waals surface area (Å²) in [7, 11) is 0. The van der Waals surface area contributed by atoms with Gasteiger partial charge in [0.2, 0.25) is 0 Å². The second-order valence-corrected chi connectivity index (χ2v) is 4.85. The van der Waals surface area contributed by atoms with Gasteiger partial charge in [0.25, 0.3) is 0 Å². The van der Waals surface area contributed by atoms with Crippen molar-refractivity contribution in [3.8, 4) is 0 Å². The van der Waals surface area contributed by atoms with Crippen LogP contribution in [0.25, 0.3) is 0 Å². The van der Waals surface area contributed by atoms with Gasteiger partial charge in [0, 0.05) is 39.3 Å². The highest BCUT2D eigenvalue weighted by Crippen LogP contribution is 2.24. The number of nitrogens with one attached hydrogen (secondary N) is 1. The summed E-state index contributed by atoms with van der Waals surface area (Å²) < 4.78 is 0. The highest BCUT2D eigenvalue weighted by Gasteiger charge is 2.38. The molecular formula is C11H19N3O3. The summed E-state index contributed by atoms with van der Waals surface area (Å²) in [4.78, 5) is 26.6. The number of carboxylic acids is 1. The van der Waals surface area contributed by atoms with Gasteiger partial charge in [-0.15, -0.1) is 0 Å². The summed E-state index contributed by atoms with van der Waals surface area (Å²) >= 11 is 0. The largest absolute Gasteiger partial charge is 0.481 e. The number of likely N-dealkylation sites (tertiary alicyclic amines) is 1. The number of carbonyl (C=O) groups is 2. The zero-order valence-electron chi connectivity index (χ0n) is 10.1. The third kappa shape index (κ3) is 2.52. The number of hydrogen-bond donors (Lipinski definition) is 2. The molecule has 2 saturated heterocycles. The van der Waals surface area contributed by atoms with Crippen LogP contribution in [-0.2, 0) is 4.79 Å². The van der Waals surface area contributed by atoms with E-state index in [1.165, 1.54) is 0 Å².